The highest BCUT2D eigenvalue weighted by Gasteiger charge is 2.24. The van der Waals surface area contributed by atoms with Crippen molar-refractivity contribution in [3.8, 4) is 16.9 Å². The van der Waals surface area contributed by atoms with Crippen molar-refractivity contribution in [1.29, 1.82) is 0 Å². The lowest BCUT2D eigenvalue weighted by Crippen LogP contribution is -2.42. The van der Waals surface area contributed by atoms with Crippen LogP contribution in [-0.4, -0.2) is 85.7 Å². The van der Waals surface area contributed by atoms with Gasteiger partial charge in [0.1, 0.15) is 11.9 Å². The summed E-state index contributed by atoms with van der Waals surface area (Å²) in [4.78, 5) is 29.0. The Balaban J connectivity index is 0.923. The summed E-state index contributed by atoms with van der Waals surface area (Å²) >= 11 is 0. The fourth-order valence-electron chi connectivity index (χ4n) is 6.00. The first-order chi connectivity index (χ1) is 23.7. The van der Waals surface area contributed by atoms with Gasteiger partial charge in [-0.3, -0.25) is 10.1 Å². The topological polar surface area (TPSA) is 173 Å². The molecule has 1 aliphatic heterocycles. The fourth-order valence-corrected chi connectivity index (χ4v) is 7.10. The van der Waals surface area contributed by atoms with Crippen LogP contribution in [0.3, 0.4) is 0 Å². The van der Waals surface area contributed by atoms with Gasteiger partial charge in [-0.1, -0.05) is 61.0 Å². The van der Waals surface area contributed by atoms with Crippen LogP contribution in [0.4, 0.5) is 10.5 Å². The van der Waals surface area contributed by atoms with Crippen LogP contribution in [0.25, 0.3) is 22.0 Å². The number of unbranched alkanes of at least 4 members (excludes halogenated alkanes) is 2. The number of anilines is 1. The number of fused-ring (bicyclic) bond motifs is 1. The summed E-state index contributed by atoms with van der Waals surface area (Å²) < 4.78 is 33.5. The van der Waals surface area contributed by atoms with Crippen molar-refractivity contribution in [2.75, 3.05) is 50.3 Å². The number of carbonyl (C=O) groups excluding carboxylic acids is 1. The van der Waals surface area contributed by atoms with Crippen LogP contribution in [0, 0.1) is 0 Å². The molecule has 1 saturated heterocycles. The van der Waals surface area contributed by atoms with Crippen LogP contribution < -0.4 is 20.9 Å². The standard InChI is InChI=1S/C36H45N5O7S/c42-32-15-13-29(30-14-16-34(44)40-35(30)32)33(43)25-37-19-7-2-8-20-38-49(46,47)24-23-41-21-17-27(18-22-41)48-36(45)39-31-12-6-5-11-28(31)26-9-3-1-4-10-26/h1,3-6,9-16,27,33,37-38,42-43H,2,7-8,17-25H2,(H,39,45)(H,40,44). The van der Waals surface area contributed by atoms with Crippen molar-refractivity contribution >= 4 is 32.7 Å². The predicted molar refractivity (Wildman–Crippen MR) is 191 cm³/mol. The highest BCUT2D eigenvalue weighted by Crippen LogP contribution is 2.29. The normalized spacial score (nSPS) is 14.9. The maximum absolute atomic E-state index is 12.7. The summed E-state index contributed by atoms with van der Waals surface area (Å²) in [6.45, 7) is 3.03. The highest BCUT2D eigenvalue weighted by atomic mass is 32.2. The number of nitrogens with zero attached hydrogens (tertiary/aromatic N) is 1. The number of pyridine rings is 1. The molecular formula is C36H45N5O7S. The van der Waals surface area contributed by atoms with Crippen LogP contribution in [0.5, 0.6) is 5.75 Å². The van der Waals surface area contributed by atoms with E-state index in [0.717, 1.165) is 24.0 Å². The van der Waals surface area contributed by atoms with Crippen LogP contribution in [-0.2, 0) is 14.8 Å². The fraction of sp³-hybridized carbons (Fsp3) is 0.389. The zero-order chi connectivity index (χ0) is 34.6. The third-order valence-electron chi connectivity index (χ3n) is 8.69. The Labute approximate surface area is 286 Å². The number of H-pyrrole nitrogens is 1. The van der Waals surface area contributed by atoms with Crippen molar-refractivity contribution in [2.45, 2.75) is 44.3 Å². The number of carbonyl (C=O) groups is 1. The smallest absolute Gasteiger partial charge is 0.411 e. The van der Waals surface area contributed by atoms with Gasteiger partial charge in [0.25, 0.3) is 0 Å². The van der Waals surface area contributed by atoms with E-state index in [1.165, 1.54) is 12.1 Å². The quantitative estimate of drug-likeness (QED) is 0.0936. The lowest BCUT2D eigenvalue weighted by Gasteiger charge is -2.31. The van der Waals surface area contributed by atoms with Gasteiger partial charge in [-0.25, -0.2) is 17.9 Å². The Bertz CT molecular complexity index is 1840. The Hall–Kier alpha value is -4.27. The molecule has 1 atom stereocenters. The zero-order valence-corrected chi connectivity index (χ0v) is 28.3. The molecule has 1 amide bonds. The number of amides is 1. The van der Waals surface area contributed by atoms with Gasteiger partial charge in [-0.15, -0.1) is 0 Å². The molecule has 0 spiro atoms. The molecule has 13 heteroatoms. The van der Waals surface area contributed by atoms with Crippen LogP contribution in [0.1, 0.15) is 43.8 Å². The van der Waals surface area contributed by atoms with E-state index in [9.17, 15) is 28.2 Å². The predicted octanol–water partition coefficient (Wildman–Crippen LogP) is 4.33. The first kappa shape index (κ1) is 36.0. The van der Waals surface area contributed by atoms with E-state index in [0.29, 0.717) is 80.7 Å². The first-order valence-electron chi connectivity index (χ1n) is 16.7. The Morgan fingerprint density at radius 1 is 0.939 bits per heavy atom. The number of aromatic amines is 1. The lowest BCUT2D eigenvalue weighted by molar-refractivity contribution is 0.0608. The molecule has 0 radical (unpaired) electrons. The summed E-state index contributed by atoms with van der Waals surface area (Å²) in [7, 11) is -3.41. The van der Waals surface area contributed by atoms with Gasteiger partial charge < -0.3 is 30.2 Å². The van der Waals surface area contributed by atoms with E-state index in [1.807, 2.05) is 54.6 Å². The summed E-state index contributed by atoms with van der Waals surface area (Å²) in [6.07, 6.45) is 2.04. The number of aromatic hydroxyl groups is 1. The Morgan fingerprint density at radius 2 is 1.67 bits per heavy atom. The second-order valence-corrected chi connectivity index (χ2v) is 14.2. The van der Waals surface area contributed by atoms with Crippen LogP contribution >= 0.6 is 0 Å². The second kappa shape index (κ2) is 17.4. The summed E-state index contributed by atoms with van der Waals surface area (Å²) in [6, 6.07) is 23.5. The van der Waals surface area contributed by atoms with Crippen LogP contribution in [0.2, 0.25) is 0 Å². The van der Waals surface area contributed by atoms with E-state index in [2.05, 4.69) is 25.2 Å². The number of sulfonamides is 1. The van der Waals surface area contributed by atoms with Crippen LogP contribution in [0.15, 0.2) is 83.7 Å². The van der Waals surface area contributed by atoms with Gasteiger partial charge in [0.05, 0.1) is 23.1 Å². The number of benzene rings is 3. The van der Waals surface area contributed by atoms with E-state index in [4.69, 9.17) is 4.74 Å². The van der Waals surface area contributed by atoms with Gasteiger partial charge in [0.2, 0.25) is 15.6 Å². The van der Waals surface area contributed by atoms with Gasteiger partial charge in [-0.05, 0) is 61.6 Å². The monoisotopic (exact) mass is 691 g/mol. The molecule has 12 nitrogen and oxygen atoms in total. The number of ether oxygens (including phenoxy) is 1. The minimum absolute atomic E-state index is 0.00849. The molecule has 0 aliphatic carbocycles. The highest BCUT2D eigenvalue weighted by molar-refractivity contribution is 7.89. The molecule has 3 aromatic carbocycles. The number of phenolic OH excluding ortho intramolecular Hbond substituents is 1. The van der Waals surface area contributed by atoms with E-state index in [-0.39, 0.29) is 23.2 Å². The average molecular weight is 692 g/mol. The second-order valence-electron chi connectivity index (χ2n) is 12.3. The number of aromatic nitrogens is 1. The number of piperidine rings is 1. The van der Waals surface area contributed by atoms with Gasteiger partial charge in [0, 0.05) is 49.7 Å². The van der Waals surface area contributed by atoms with Crippen molar-refractivity contribution in [3.63, 3.8) is 0 Å². The number of phenols is 1. The number of para-hydroxylation sites is 1. The SMILES string of the molecule is O=C(Nc1ccccc1-c1ccccc1)OC1CCN(CCS(=O)(=O)NCCCCCNCC(O)c2ccc(O)c3[nH]c(=O)ccc23)CC1. The lowest BCUT2D eigenvalue weighted by atomic mass is 10.0. The maximum Gasteiger partial charge on any atom is 0.411 e. The first-order valence-corrected chi connectivity index (χ1v) is 18.4. The molecule has 1 unspecified atom stereocenters. The van der Waals surface area contributed by atoms with Gasteiger partial charge >= 0.3 is 6.09 Å². The number of hydrogen-bond acceptors (Lipinski definition) is 9. The minimum atomic E-state index is -3.41. The van der Waals surface area contributed by atoms with Crippen molar-refractivity contribution < 1.29 is 28.2 Å². The molecule has 49 heavy (non-hydrogen) atoms. The average Bonchev–Trinajstić information content (AvgIpc) is 3.10. The van der Waals surface area contributed by atoms with Crippen molar-refractivity contribution in [1.82, 2.24) is 19.9 Å². The Kier molecular flexibility index (Phi) is 12.8. The summed E-state index contributed by atoms with van der Waals surface area (Å²) in [5, 5.41) is 27.4. The minimum Gasteiger partial charge on any atom is -0.506 e. The molecule has 0 saturated carbocycles. The number of likely N-dealkylation sites (tertiary alicyclic amines) is 1. The van der Waals surface area contributed by atoms with Crippen molar-refractivity contribution in [2.24, 2.45) is 0 Å². The van der Waals surface area contributed by atoms with Gasteiger partial charge in [0.15, 0.2) is 0 Å². The third kappa shape index (κ3) is 10.6. The van der Waals surface area contributed by atoms with Gasteiger partial charge in [-0.2, -0.15) is 0 Å². The summed E-state index contributed by atoms with van der Waals surface area (Å²) in [5.41, 5.74) is 3.17. The molecule has 1 aliphatic rings. The Morgan fingerprint density at radius 3 is 2.47 bits per heavy atom. The maximum atomic E-state index is 12.7. The largest absolute Gasteiger partial charge is 0.506 e. The van der Waals surface area contributed by atoms with E-state index in [1.54, 1.807) is 12.1 Å². The third-order valence-corrected chi connectivity index (χ3v) is 10.1. The molecular weight excluding hydrogens is 646 g/mol. The summed E-state index contributed by atoms with van der Waals surface area (Å²) in [5.74, 6) is -0.0446. The molecule has 1 aromatic heterocycles. The molecule has 262 valence electrons. The molecule has 6 N–H and O–H groups in total. The van der Waals surface area contributed by atoms with E-state index < -0.39 is 22.2 Å². The molecule has 1 fully saturated rings. The zero-order valence-electron chi connectivity index (χ0n) is 27.4. The number of aliphatic hydroxyl groups excluding tert-OH is 1. The number of aliphatic hydroxyl groups is 1. The number of rotatable bonds is 16. The molecule has 5 rings (SSSR count). The molecule has 2 heterocycles. The molecule has 4 aromatic rings. The van der Waals surface area contributed by atoms with Crippen molar-refractivity contribution in [3.05, 3.63) is 94.8 Å². The number of nitrogens with one attached hydrogen (secondary N) is 4. The molecule has 0 bridgehead atoms. The van der Waals surface area contributed by atoms with E-state index >= 15 is 0 Å². The number of hydrogen-bond donors (Lipinski definition) is 6.